The van der Waals surface area contributed by atoms with Crippen molar-refractivity contribution in [1.29, 1.82) is 5.26 Å². The molecule has 2 aromatic carbocycles. The average Bonchev–Trinajstić information content (AvgIpc) is 2.87. The Balaban J connectivity index is 1.52. The van der Waals surface area contributed by atoms with Crippen molar-refractivity contribution in [2.45, 2.75) is 26.1 Å². The SMILES string of the molecule is COc1c(-c2ccc(N3C[C@@H](C)O[C@@H](C)C3)nc2)cnc2c(-c3ccc(C#N)cc3)cccc12. The lowest BCUT2D eigenvalue weighted by atomic mass is 9.98. The van der Waals surface area contributed by atoms with Crippen molar-refractivity contribution in [2.75, 3.05) is 25.1 Å². The number of para-hydroxylation sites is 1. The highest BCUT2D eigenvalue weighted by Gasteiger charge is 2.23. The predicted molar refractivity (Wildman–Crippen MR) is 134 cm³/mol. The molecular weight excluding hydrogens is 424 g/mol. The number of anilines is 1. The smallest absolute Gasteiger partial charge is 0.137 e. The van der Waals surface area contributed by atoms with E-state index in [1.54, 1.807) is 7.11 Å². The Morgan fingerprint density at radius 2 is 1.65 bits per heavy atom. The lowest BCUT2D eigenvalue weighted by molar-refractivity contribution is -0.00545. The molecule has 1 saturated heterocycles. The fourth-order valence-electron chi connectivity index (χ4n) is 4.68. The van der Waals surface area contributed by atoms with Crippen LogP contribution in [0.2, 0.25) is 0 Å². The van der Waals surface area contributed by atoms with Gasteiger partial charge in [0, 0.05) is 47.6 Å². The van der Waals surface area contributed by atoms with E-state index in [1.165, 1.54) is 0 Å². The van der Waals surface area contributed by atoms with Gasteiger partial charge < -0.3 is 14.4 Å². The van der Waals surface area contributed by atoms with Crippen LogP contribution in [-0.4, -0.2) is 42.4 Å². The highest BCUT2D eigenvalue weighted by atomic mass is 16.5. The van der Waals surface area contributed by atoms with Gasteiger partial charge in [0.2, 0.25) is 0 Å². The Bertz CT molecular complexity index is 1350. The van der Waals surface area contributed by atoms with E-state index in [4.69, 9.17) is 24.7 Å². The first-order chi connectivity index (χ1) is 16.6. The minimum absolute atomic E-state index is 0.181. The van der Waals surface area contributed by atoms with E-state index in [0.29, 0.717) is 5.56 Å². The molecule has 0 saturated carbocycles. The molecule has 2 atom stereocenters. The van der Waals surface area contributed by atoms with Crippen LogP contribution in [0.15, 0.2) is 67.0 Å². The summed E-state index contributed by atoms with van der Waals surface area (Å²) in [4.78, 5) is 11.8. The van der Waals surface area contributed by atoms with E-state index in [0.717, 1.165) is 57.8 Å². The minimum atomic E-state index is 0.181. The standard InChI is InChI=1S/C28H26N4O2/c1-18-16-32(17-19(2)34-18)26-12-11-22(14-30-26)25-15-31-27-23(5-4-6-24(27)28(25)33-3)21-9-7-20(13-29)8-10-21/h4-12,14-15,18-19H,16-17H2,1-3H3/t18-,19+. The van der Waals surface area contributed by atoms with Crippen LogP contribution >= 0.6 is 0 Å². The van der Waals surface area contributed by atoms with Gasteiger partial charge in [-0.3, -0.25) is 4.98 Å². The number of nitriles is 1. The highest BCUT2D eigenvalue weighted by Crippen LogP contribution is 2.39. The van der Waals surface area contributed by atoms with E-state index in [-0.39, 0.29) is 12.2 Å². The number of hydrogen-bond acceptors (Lipinski definition) is 6. The number of aromatic nitrogens is 2. The number of fused-ring (bicyclic) bond motifs is 1. The van der Waals surface area contributed by atoms with Crippen molar-refractivity contribution in [3.8, 4) is 34.1 Å². The largest absolute Gasteiger partial charge is 0.495 e. The number of nitrogens with zero attached hydrogens (tertiary/aromatic N) is 4. The van der Waals surface area contributed by atoms with Crippen LogP contribution in [0.1, 0.15) is 19.4 Å². The van der Waals surface area contributed by atoms with Crippen molar-refractivity contribution >= 4 is 16.7 Å². The van der Waals surface area contributed by atoms with Gasteiger partial charge in [0.1, 0.15) is 11.6 Å². The molecule has 0 radical (unpaired) electrons. The molecule has 1 fully saturated rings. The van der Waals surface area contributed by atoms with Crippen molar-refractivity contribution in [1.82, 2.24) is 9.97 Å². The van der Waals surface area contributed by atoms with Gasteiger partial charge in [-0.05, 0) is 49.7 Å². The van der Waals surface area contributed by atoms with E-state index in [9.17, 15) is 0 Å². The highest BCUT2D eigenvalue weighted by molar-refractivity contribution is 6.00. The van der Waals surface area contributed by atoms with Crippen molar-refractivity contribution in [2.24, 2.45) is 0 Å². The third kappa shape index (κ3) is 4.07. The Morgan fingerprint density at radius 3 is 2.29 bits per heavy atom. The molecule has 2 aromatic heterocycles. The molecule has 1 aliphatic rings. The van der Waals surface area contributed by atoms with Gasteiger partial charge in [0.05, 0.1) is 36.5 Å². The Labute approximate surface area is 199 Å². The number of morpholine rings is 1. The Hall–Kier alpha value is -3.95. The summed E-state index contributed by atoms with van der Waals surface area (Å²) in [6.07, 6.45) is 4.10. The lowest BCUT2D eigenvalue weighted by Gasteiger charge is -2.36. The average molecular weight is 451 g/mol. The molecule has 0 unspecified atom stereocenters. The second-order valence-corrected chi connectivity index (χ2v) is 8.66. The topological polar surface area (TPSA) is 71.3 Å². The van der Waals surface area contributed by atoms with Gasteiger partial charge in [-0.1, -0.05) is 24.3 Å². The van der Waals surface area contributed by atoms with Crippen LogP contribution in [0.25, 0.3) is 33.2 Å². The number of pyridine rings is 2. The number of rotatable bonds is 4. The molecule has 6 heteroatoms. The van der Waals surface area contributed by atoms with E-state index in [2.05, 4.69) is 36.9 Å². The van der Waals surface area contributed by atoms with Crippen LogP contribution in [0, 0.1) is 11.3 Å². The number of benzene rings is 2. The molecule has 0 spiro atoms. The molecule has 34 heavy (non-hydrogen) atoms. The van der Waals surface area contributed by atoms with E-state index in [1.807, 2.05) is 54.9 Å². The first-order valence-corrected chi connectivity index (χ1v) is 11.4. The fourth-order valence-corrected chi connectivity index (χ4v) is 4.68. The molecule has 4 aromatic rings. The molecule has 0 aliphatic carbocycles. The molecule has 5 rings (SSSR count). The maximum absolute atomic E-state index is 9.10. The van der Waals surface area contributed by atoms with E-state index < -0.39 is 0 Å². The lowest BCUT2D eigenvalue weighted by Crippen LogP contribution is -2.45. The summed E-state index contributed by atoms with van der Waals surface area (Å²) in [6.45, 7) is 5.84. The van der Waals surface area contributed by atoms with Crippen molar-refractivity contribution in [3.63, 3.8) is 0 Å². The van der Waals surface area contributed by atoms with Gasteiger partial charge in [-0.15, -0.1) is 0 Å². The summed E-state index contributed by atoms with van der Waals surface area (Å²) in [5.41, 5.74) is 5.34. The van der Waals surface area contributed by atoms with Gasteiger partial charge >= 0.3 is 0 Å². The Kier molecular flexibility index (Phi) is 5.87. The normalized spacial score (nSPS) is 18.0. The second-order valence-electron chi connectivity index (χ2n) is 8.66. The zero-order valence-electron chi connectivity index (χ0n) is 19.5. The second kappa shape index (κ2) is 9.12. The summed E-state index contributed by atoms with van der Waals surface area (Å²) in [5, 5.41) is 10.0. The van der Waals surface area contributed by atoms with E-state index >= 15 is 0 Å². The molecule has 0 amide bonds. The van der Waals surface area contributed by atoms with Crippen molar-refractivity contribution in [3.05, 3.63) is 72.6 Å². The zero-order valence-corrected chi connectivity index (χ0v) is 19.5. The van der Waals surface area contributed by atoms with Crippen LogP contribution in [0.4, 0.5) is 5.82 Å². The summed E-state index contributed by atoms with van der Waals surface area (Å²) in [6, 6.07) is 19.9. The fraction of sp³-hybridized carbons (Fsp3) is 0.250. The first-order valence-electron chi connectivity index (χ1n) is 11.4. The molecular formula is C28H26N4O2. The van der Waals surface area contributed by atoms with Crippen LogP contribution < -0.4 is 9.64 Å². The molecule has 0 bridgehead atoms. The maximum atomic E-state index is 9.10. The van der Waals surface area contributed by atoms with Crippen molar-refractivity contribution < 1.29 is 9.47 Å². The summed E-state index contributed by atoms with van der Waals surface area (Å²) in [5.74, 6) is 1.71. The maximum Gasteiger partial charge on any atom is 0.137 e. The summed E-state index contributed by atoms with van der Waals surface area (Å²) >= 11 is 0. The summed E-state index contributed by atoms with van der Waals surface area (Å²) in [7, 11) is 1.69. The Morgan fingerprint density at radius 1 is 0.912 bits per heavy atom. The van der Waals surface area contributed by atoms with Gasteiger partial charge in [0.15, 0.2) is 0 Å². The molecule has 0 N–H and O–H groups in total. The molecule has 6 nitrogen and oxygen atoms in total. The number of hydrogen-bond donors (Lipinski definition) is 0. The van der Waals surface area contributed by atoms with Crippen LogP contribution in [0.5, 0.6) is 5.75 Å². The number of ether oxygens (including phenoxy) is 2. The minimum Gasteiger partial charge on any atom is -0.495 e. The predicted octanol–water partition coefficient (Wildman–Crippen LogP) is 5.46. The quantitative estimate of drug-likeness (QED) is 0.411. The summed E-state index contributed by atoms with van der Waals surface area (Å²) < 4.78 is 11.7. The van der Waals surface area contributed by atoms with Crippen LogP contribution in [-0.2, 0) is 4.74 Å². The third-order valence-corrected chi connectivity index (χ3v) is 6.18. The number of methoxy groups -OCH3 is 1. The zero-order chi connectivity index (χ0) is 23.7. The first kappa shape index (κ1) is 21.9. The molecule has 170 valence electrons. The molecule has 1 aliphatic heterocycles. The van der Waals surface area contributed by atoms with Gasteiger partial charge in [-0.25, -0.2) is 4.98 Å². The van der Waals surface area contributed by atoms with Gasteiger partial charge in [0.25, 0.3) is 0 Å². The van der Waals surface area contributed by atoms with Crippen LogP contribution in [0.3, 0.4) is 0 Å². The third-order valence-electron chi connectivity index (χ3n) is 6.18. The molecule has 3 heterocycles. The monoisotopic (exact) mass is 450 g/mol. The van der Waals surface area contributed by atoms with Gasteiger partial charge in [-0.2, -0.15) is 5.26 Å².